The van der Waals surface area contributed by atoms with Crippen molar-refractivity contribution in [2.24, 2.45) is 17.8 Å². The van der Waals surface area contributed by atoms with E-state index in [0.29, 0.717) is 6.04 Å². The van der Waals surface area contributed by atoms with E-state index in [-0.39, 0.29) is 10.8 Å². The van der Waals surface area contributed by atoms with Gasteiger partial charge in [0.15, 0.2) is 0 Å². The van der Waals surface area contributed by atoms with Gasteiger partial charge in [0.25, 0.3) is 0 Å². The summed E-state index contributed by atoms with van der Waals surface area (Å²) in [6, 6.07) is 5.58. The van der Waals surface area contributed by atoms with Crippen LogP contribution in [0.25, 0.3) is 0 Å². The first kappa shape index (κ1) is 13.4. The van der Waals surface area contributed by atoms with Crippen molar-refractivity contribution >= 4 is 11.6 Å². The van der Waals surface area contributed by atoms with E-state index in [4.69, 9.17) is 11.6 Å². The molecule has 104 valence electrons. The van der Waals surface area contributed by atoms with Crippen LogP contribution in [-0.2, 0) is 6.54 Å². The standard InChI is InChI=1S/C16H21ClFN/c1-10(14-7-11-2-4-13(14)6-11)19-9-12-3-5-15(17)16(18)8-12/h3,5,8,10-11,13-14,19H,2,4,6-7,9H2,1H3. The number of halogens is 2. The Hall–Kier alpha value is -0.600. The molecule has 4 atom stereocenters. The predicted molar refractivity (Wildman–Crippen MR) is 76.6 cm³/mol. The monoisotopic (exact) mass is 281 g/mol. The van der Waals surface area contributed by atoms with Gasteiger partial charge in [-0.3, -0.25) is 0 Å². The number of hydrogen-bond acceptors (Lipinski definition) is 1. The van der Waals surface area contributed by atoms with E-state index in [1.807, 2.05) is 6.07 Å². The Morgan fingerprint density at radius 1 is 1.37 bits per heavy atom. The number of rotatable bonds is 4. The van der Waals surface area contributed by atoms with Crippen LogP contribution in [0.4, 0.5) is 4.39 Å². The highest BCUT2D eigenvalue weighted by Gasteiger charge is 2.41. The van der Waals surface area contributed by atoms with Crippen LogP contribution < -0.4 is 5.32 Å². The number of nitrogens with one attached hydrogen (secondary N) is 1. The van der Waals surface area contributed by atoms with Gasteiger partial charge in [-0.2, -0.15) is 0 Å². The minimum absolute atomic E-state index is 0.199. The predicted octanol–water partition coefficient (Wildman–Crippen LogP) is 4.39. The lowest BCUT2D eigenvalue weighted by atomic mass is 9.84. The molecule has 2 bridgehead atoms. The molecule has 2 fully saturated rings. The van der Waals surface area contributed by atoms with Crippen LogP contribution in [0.3, 0.4) is 0 Å². The Morgan fingerprint density at radius 3 is 2.84 bits per heavy atom. The highest BCUT2D eigenvalue weighted by molar-refractivity contribution is 6.30. The summed E-state index contributed by atoms with van der Waals surface area (Å²) in [7, 11) is 0. The van der Waals surface area contributed by atoms with Crippen LogP contribution in [0.15, 0.2) is 18.2 Å². The average Bonchev–Trinajstić information content (AvgIpc) is 3.02. The summed E-state index contributed by atoms with van der Waals surface area (Å²) in [6.07, 6.45) is 5.67. The molecule has 0 saturated heterocycles. The molecule has 3 rings (SSSR count). The molecular formula is C16H21ClFN. The first-order valence-corrected chi connectivity index (χ1v) is 7.68. The summed E-state index contributed by atoms with van der Waals surface area (Å²) in [5.41, 5.74) is 0.969. The quantitative estimate of drug-likeness (QED) is 0.863. The maximum Gasteiger partial charge on any atom is 0.142 e. The maximum atomic E-state index is 13.4. The molecule has 0 amide bonds. The second kappa shape index (κ2) is 5.41. The topological polar surface area (TPSA) is 12.0 Å². The highest BCUT2D eigenvalue weighted by Crippen LogP contribution is 2.49. The zero-order valence-electron chi connectivity index (χ0n) is 11.3. The molecule has 1 aromatic rings. The minimum Gasteiger partial charge on any atom is -0.310 e. The van der Waals surface area contributed by atoms with Gasteiger partial charge in [-0.25, -0.2) is 4.39 Å². The number of fused-ring (bicyclic) bond motifs is 2. The van der Waals surface area contributed by atoms with Gasteiger partial charge in [-0.1, -0.05) is 24.1 Å². The van der Waals surface area contributed by atoms with Crippen molar-refractivity contribution in [1.29, 1.82) is 0 Å². The molecule has 3 heteroatoms. The van der Waals surface area contributed by atoms with Crippen LogP contribution in [-0.4, -0.2) is 6.04 Å². The molecule has 0 aliphatic heterocycles. The van der Waals surface area contributed by atoms with Gasteiger partial charge in [0, 0.05) is 12.6 Å². The van der Waals surface area contributed by atoms with Crippen molar-refractivity contribution in [3.63, 3.8) is 0 Å². The fourth-order valence-electron chi connectivity index (χ4n) is 3.99. The summed E-state index contributed by atoms with van der Waals surface area (Å²) in [5.74, 6) is 2.39. The Balaban J connectivity index is 1.55. The van der Waals surface area contributed by atoms with E-state index in [1.165, 1.54) is 31.7 Å². The first-order chi connectivity index (χ1) is 9.13. The number of hydrogen-bond donors (Lipinski definition) is 1. The maximum absolute atomic E-state index is 13.4. The smallest absolute Gasteiger partial charge is 0.142 e. The molecule has 0 aromatic heterocycles. The lowest BCUT2D eigenvalue weighted by molar-refractivity contribution is 0.259. The first-order valence-electron chi connectivity index (χ1n) is 7.31. The lowest BCUT2D eigenvalue weighted by Gasteiger charge is -2.28. The SMILES string of the molecule is CC(NCc1ccc(Cl)c(F)c1)C1CC2CCC1C2. The zero-order chi connectivity index (χ0) is 13.4. The molecule has 2 aliphatic rings. The van der Waals surface area contributed by atoms with Crippen molar-refractivity contribution < 1.29 is 4.39 Å². The molecule has 0 radical (unpaired) electrons. The second-order valence-corrected chi connectivity index (χ2v) is 6.66. The van der Waals surface area contributed by atoms with E-state index in [9.17, 15) is 4.39 Å². The van der Waals surface area contributed by atoms with E-state index in [2.05, 4.69) is 12.2 Å². The van der Waals surface area contributed by atoms with Gasteiger partial charge in [-0.05, 0) is 61.6 Å². The van der Waals surface area contributed by atoms with E-state index in [1.54, 1.807) is 6.07 Å². The Morgan fingerprint density at radius 2 is 2.21 bits per heavy atom. The van der Waals surface area contributed by atoms with Crippen molar-refractivity contribution in [2.75, 3.05) is 0 Å². The van der Waals surface area contributed by atoms with E-state index >= 15 is 0 Å². The number of benzene rings is 1. The van der Waals surface area contributed by atoms with Crippen molar-refractivity contribution in [3.05, 3.63) is 34.6 Å². The minimum atomic E-state index is -0.325. The van der Waals surface area contributed by atoms with Crippen molar-refractivity contribution in [3.8, 4) is 0 Å². The van der Waals surface area contributed by atoms with Gasteiger partial charge in [0.2, 0.25) is 0 Å². The fraction of sp³-hybridized carbons (Fsp3) is 0.625. The van der Waals surface area contributed by atoms with Gasteiger partial charge < -0.3 is 5.32 Å². The van der Waals surface area contributed by atoms with Gasteiger partial charge >= 0.3 is 0 Å². The Labute approximate surface area is 119 Å². The summed E-state index contributed by atoms with van der Waals surface area (Å²) in [6.45, 7) is 3.00. The van der Waals surface area contributed by atoms with Crippen LogP contribution in [0.1, 0.15) is 38.2 Å². The molecule has 2 aliphatic carbocycles. The summed E-state index contributed by atoms with van der Waals surface area (Å²) in [5, 5.41) is 3.76. The highest BCUT2D eigenvalue weighted by atomic mass is 35.5. The van der Waals surface area contributed by atoms with Crippen LogP contribution >= 0.6 is 11.6 Å². The summed E-state index contributed by atoms with van der Waals surface area (Å²) in [4.78, 5) is 0. The molecule has 19 heavy (non-hydrogen) atoms. The average molecular weight is 282 g/mol. The second-order valence-electron chi connectivity index (χ2n) is 6.26. The van der Waals surface area contributed by atoms with Crippen LogP contribution in [0.2, 0.25) is 5.02 Å². The third kappa shape index (κ3) is 2.80. The van der Waals surface area contributed by atoms with Gasteiger partial charge in [-0.15, -0.1) is 0 Å². The summed E-state index contributed by atoms with van der Waals surface area (Å²) < 4.78 is 13.4. The normalized spacial score (nSPS) is 30.8. The van der Waals surface area contributed by atoms with Crippen molar-refractivity contribution in [1.82, 2.24) is 5.32 Å². The fourth-order valence-corrected chi connectivity index (χ4v) is 4.10. The molecule has 2 saturated carbocycles. The largest absolute Gasteiger partial charge is 0.310 e. The van der Waals surface area contributed by atoms with E-state index < -0.39 is 0 Å². The Kier molecular flexibility index (Phi) is 3.81. The van der Waals surface area contributed by atoms with E-state index in [0.717, 1.165) is 29.9 Å². The molecule has 1 aromatic carbocycles. The molecular weight excluding hydrogens is 261 g/mol. The van der Waals surface area contributed by atoms with Crippen LogP contribution in [0.5, 0.6) is 0 Å². The third-order valence-corrected chi connectivity index (χ3v) is 5.35. The Bertz CT molecular complexity index is 462. The molecule has 0 heterocycles. The van der Waals surface area contributed by atoms with Gasteiger partial charge in [0.1, 0.15) is 5.82 Å². The molecule has 0 spiro atoms. The molecule has 1 nitrogen and oxygen atoms in total. The third-order valence-electron chi connectivity index (χ3n) is 5.05. The van der Waals surface area contributed by atoms with Gasteiger partial charge in [0.05, 0.1) is 5.02 Å². The van der Waals surface area contributed by atoms with Crippen molar-refractivity contribution in [2.45, 2.75) is 45.2 Å². The molecule has 4 unspecified atom stereocenters. The zero-order valence-corrected chi connectivity index (χ0v) is 12.1. The van der Waals surface area contributed by atoms with Crippen LogP contribution in [0, 0.1) is 23.6 Å². The lowest BCUT2D eigenvalue weighted by Crippen LogP contribution is -2.35. The summed E-state index contributed by atoms with van der Waals surface area (Å²) >= 11 is 5.69. The molecule has 1 N–H and O–H groups in total.